The molecule has 6 heteroatoms. The number of halogens is 1. The van der Waals surface area contributed by atoms with Crippen molar-refractivity contribution in [2.24, 2.45) is 0 Å². The Morgan fingerprint density at radius 3 is 2.30 bits per heavy atom. The van der Waals surface area contributed by atoms with Crippen LogP contribution in [-0.2, 0) is 0 Å². The fourth-order valence-electron chi connectivity index (χ4n) is 2.46. The molecular formula is C21H18ClN3O2. The van der Waals surface area contributed by atoms with Gasteiger partial charge in [0.15, 0.2) is 5.78 Å². The van der Waals surface area contributed by atoms with E-state index >= 15 is 0 Å². The van der Waals surface area contributed by atoms with E-state index in [0.29, 0.717) is 27.7 Å². The molecule has 0 aliphatic heterocycles. The van der Waals surface area contributed by atoms with Crippen LogP contribution in [0.5, 0.6) is 0 Å². The molecule has 2 N–H and O–H groups in total. The van der Waals surface area contributed by atoms with Gasteiger partial charge in [-0.1, -0.05) is 17.7 Å². The third-order valence-corrected chi connectivity index (χ3v) is 4.27. The van der Waals surface area contributed by atoms with Gasteiger partial charge in [0.2, 0.25) is 0 Å². The molecule has 5 nitrogen and oxygen atoms in total. The standard InChI is InChI=1S/C21H18ClN3O2/c1-13-3-7-17(22)11-19(13)25-21(27)16-6-10-20(23-12-16)24-18-8-4-15(5-9-18)14(2)26/h3-12H,1-2H3,(H,23,24)(H,25,27). The molecule has 0 saturated heterocycles. The minimum atomic E-state index is -0.259. The SMILES string of the molecule is CC(=O)c1ccc(Nc2ccc(C(=O)Nc3cc(Cl)ccc3C)cn2)cc1. The molecule has 0 saturated carbocycles. The molecule has 0 aliphatic carbocycles. The van der Waals surface area contributed by atoms with Crippen LogP contribution in [0.3, 0.4) is 0 Å². The van der Waals surface area contributed by atoms with Gasteiger partial charge in [-0.2, -0.15) is 0 Å². The fraction of sp³-hybridized carbons (Fsp3) is 0.0952. The number of carbonyl (C=O) groups excluding carboxylic acids is 2. The molecule has 0 radical (unpaired) electrons. The van der Waals surface area contributed by atoms with E-state index in [9.17, 15) is 9.59 Å². The van der Waals surface area contributed by atoms with Crippen LogP contribution < -0.4 is 10.6 Å². The van der Waals surface area contributed by atoms with Gasteiger partial charge in [0.25, 0.3) is 5.91 Å². The zero-order chi connectivity index (χ0) is 19.4. The highest BCUT2D eigenvalue weighted by atomic mass is 35.5. The number of pyridine rings is 1. The van der Waals surface area contributed by atoms with Crippen molar-refractivity contribution < 1.29 is 9.59 Å². The lowest BCUT2D eigenvalue weighted by atomic mass is 10.1. The molecule has 0 atom stereocenters. The monoisotopic (exact) mass is 379 g/mol. The number of Topliss-reactive ketones (excluding diaryl/α,β-unsaturated/α-hetero) is 1. The Labute approximate surface area is 162 Å². The van der Waals surface area contributed by atoms with Gasteiger partial charge < -0.3 is 10.6 Å². The van der Waals surface area contributed by atoms with Crippen LogP contribution in [0.2, 0.25) is 5.02 Å². The molecule has 1 heterocycles. The van der Waals surface area contributed by atoms with Crippen molar-refractivity contribution in [3.63, 3.8) is 0 Å². The summed E-state index contributed by atoms with van der Waals surface area (Å²) in [6.07, 6.45) is 1.50. The molecule has 2 aromatic carbocycles. The zero-order valence-corrected chi connectivity index (χ0v) is 15.7. The average Bonchev–Trinajstić information content (AvgIpc) is 2.65. The summed E-state index contributed by atoms with van der Waals surface area (Å²) in [7, 11) is 0. The number of nitrogens with one attached hydrogen (secondary N) is 2. The Morgan fingerprint density at radius 2 is 1.67 bits per heavy atom. The lowest BCUT2D eigenvalue weighted by Crippen LogP contribution is -2.13. The van der Waals surface area contributed by atoms with E-state index in [1.807, 2.05) is 13.0 Å². The number of aryl methyl sites for hydroxylation is 1. The number of ketones is 1. The van der Waals surface area contributed by atoms with Crippen molar-refractivity contribution in [2.45, 2.75) is 13.8 Å². The molecule has 1 amide bonds. The Morgan fingerprint density at radius 1 is 0.963 bits per heavy atom. The van der Waals surface area contributed by atoms with Crippen molar-refractivity contribution >= 4 is 40.5 Å². The fourth-order valence-corrected chi connectivity index (χ4v) is 2.63. The van der Waals surface area contributed by atoms with Gasteiger partial charge >= 0.3 is 0 Å². The van der Waals surface area contributed by atoms with Gasteiger partial charge in [-0.05, 0) is 67.9 Å². The first-order chi connectivity index (χ1) is 12.9. The van der Waals surface area contributed by atoms with Crippen LogP contribution in [-0.4, -0.2) is 16.7 Å². The summed E-state index contributed by atoms with van der Waals surface area (Å²) in [6.45, 7) is 3.42. The van der Waals surface area contributed by atoms with E-state index in [1.165, 1.54) is 13.1 Å². The van der Waals surface area contributed by atoms with E-state index in [0.717, 1.165) is 11.3 Å². The van der Waals surface area contributed by atoms with Gasteiger partial charge in [0.05, 0.1) is 5.56 Å². The molecule has 0 bridgehead atoms. The molecule has 0 spiro atoms. The van der Waals surface area contributed by atoms with E-state index in [-0.39, 0.29) is 11.7 Å². The van der Waals surface area contributed by atoms with Crippen molar-refractivity contribution in [3.8, 4) is 0 Å². The molecule has 0 aliphatic rings. The Balaban J connectivity index is 1.68. The van der Waals surface area contributed by atoms with Crippen LogP contribution in [0, 0.1) is 6.92 Å². The first-order valence-corrected chi connectivity index (χ1v) is 8.72. The van der Waals surface area contributed by atoms with Crippen molar-refractivity contribution in [1.29, 1.82) is 0 Å². The molecule has 3 aromatic rings. The van der Waals surface area contributed by atoms with Crippen molar-refractivity contribution in [1.82, 2.24) is 4.98 Å². The Bertz CT molecular complexity index is 983. The molecule has 27 heavy (non-hydrogen) atoms. The number of nitrogens with zero attached hydrogens (tertiary/aromatic N) is 1. The van der Waals surface area contributed by atoms with Crippen LogP contribution in [0.15, 0.2) is 60.8 Å². The maximum atomic E-state index is 12.4. The summed E-state index contributed by atoms with van der Waals surface area (Å²) in [6, 6.07) is 15.9. The largest absolute Gasteiger partial charge is 0.340 e. The normalized spacial score (nSPS) is 10.3. The predicted octanol–water partition coefficient (Wildman–Crippen LogP) is 5.24. The number of amides is 1. The Hall–Kier alpha value is -3.18. The van der Waals surface area contributed by atoms with Gasteiger partial charge in [-0.3, -0.25) is 9.59 Å². The molecule has 3 rings (SSSR count). The summed E-state index contributed by atoms with van der Waals surface area (Å²) < 4.78 is 0. The summed E-state index contributed by atoms with van der Waals surface area (Å²) in [5.41, 5.74) is 3.48. The van der Waals surface area contributed by atoms with E-state index in [4.69, 9.17) is 11.6 Å². The molecule has 1 aromatic heterocycles. The maximum absolute atomic E-state index is 12.4. The minimum Gasteiger partial charge on any atom is -0.340 e. The number of hydrogen-bond acceptors (Lipinski definition) is 4. The molecule has 0 fully saturated rings. The van der Waals surface area contributed by atoms with Crippen molar-refractivity contribution in [3.05, 3.63) is 82.5 Å². The zero-order valence-electron chi connectivity index (χ0n) is 14.9. The van der Waals surface area contributed by atoms with Gasteiger partial charge in [-0.25, -0.2) is 4.98 Å². The van der Waals surface area contributed by atoms with E-state index < -0.39 is 0 Å². The maximum Gasteiger partial charge on any atom is 0.257 e. The van der Waals surface area contributed by atoms with E-state index in [1.54, 1.807) is 48.5 Å². The number of rotatable bonds is 5. The van der Waals surface area contributed by atoms with Gasteiger partial charge in [0.1, 0.15) is 5.82 Å². The number of anilines is 3. The topological polar surface area (TPSA) is 71.1 Å². The predicted molar refractivity (Wildman–Crippen MR) is 108 cm³/mol. The highest BCUT2D eigenvalue weighted by Gasteiger charge is 2.09. The van der Waals surface area contributed by atoms with Gasteiger partial charge in [-0.15, -0.1) is 0 Å². The van der Waals surface area contributed by atoms with Crippen LogP contribution in [0.25, 0.3) is 0 Å². The first-order valence-electron chi connectivity index (χ1n) is 8.34. The number of benzene rings is 2. The summed E-state index contributed by atoms with van der Waals surface area (Å²) >= 11 is 5.98. The quantitative estimate of drug-likeness (QED) is 0.594. The number of carbonyl (C=O) groups is 2. The van der Waals surface area contributed by atoms with Crippen molar-refractivity contribution in [2.75, 3.05) is 10.6 Å². The van der Waals surface area contributed by atoms with Crippen LogP contribution in [0.1, 0.15) is 33.2 Å². The summed E-state index contributed by atoms with van der Waals surface area (Å²) in [5, 5.41) is 6.53. The summed E-state index contributed by atoms with van der Waals surface area (Å²) in [4.78, 5) is 28.0. The smallest absolute Gasteiger partial charge is 0.257 e. The highest BCUT2D eigenvalue weighted by Crippen LogP contribution is 2.21. The van der Waals surface area contributed by atoms with Gasteiger partial charge in [0, 0.05) is 28.2 Å². The second-order valence-corrected chi connectivity index (χ2v) is 6.54. The third-order valence-electron chi connectivity index (χ3n) is 4.04. The summed E-state index contributed by atoms with van der Waals surface area (Å²) in [5.74, 6) is 0.358. The lowest BCUT2D eigenvalue weighted by molar-refractivity contribution is 0.101. The second kappa shape index (κ2) is 8.01. The van der Waals surface area contributed by atoms with Crippen LogP contribution in [0.4, 0.5) is 17.2 Å². The lowest BCUT2D eigenvalue weighted by Gasteiger charge is -2.10. The minimum absolute atomic E-state index is 0.0185. The van der Waals surface area contributed by atoms with Crippen LogP contribution >= 0.6 is 11.6 Å². The molecule has 136 valence electrons. The first kappa shape index (κ1) is 18.6. The Kier molecular flexibility index (Phi) is 5.52. The third kappa shape index (κ3) is 4.71. The van der Waals surface area contributed by atoms with E-state index in [2.05, 4.69) is 15.6 Å². The number of aromatic nitrogens is 1. The highest BCUT2D eigenvalue weighted by molar-refractivity contribution is 6.31. The second-order valence-electron chi connectivity index (χ2n) is 6.10. The molecule has 0 unspecified atom stereocenters. The average molecular weight is 380 g/mol. The molecular weight excluding hydrogens is 362 g/mol. The number of hydrogen-bond donors (Lipinski definition) is 2.